The van der Waals surface area contributed by atoms with Crippen LogP contribution in [0.3, 0.4) is 0 Å². The Labute approximate surface area is 119 Å². The number of amides is 1. The number of carbonyl (C=O) groups is 1. The van der Waals surface area contributed by atoms with E-state index < -0.39 is 0 Å². The number of hydrogen-bond acceptors (Lipinski definition) is 2. The molecule has 0 saturated heterocycles. The normalized spacial score (nSPS) is 10.9. The van der Waals surface area contributed by atoms with Gasteiger partial charge in [0.15, 0.2) is 0 Å². The Bertz CT molecular complexity index is 622. The van der Waals surface area contributed by atoms with Crippen molar-refractivity contribution in [2.75, 3.05) is 5.32 Å². The summed E-state index contributed by atoms with van der Waals surface area (Å²) in [6.45, 7) is 9.95. The van der Waals surface area contributed by atoms with Gasteiger partial charge in [-0.05, 0) is 37.8 Å². The Morgan fingerprint density at radius 3 is 2.50 bits per heavy atom. The zero-order valence-corrected chi connectivity index (χ0v) is 12.7. The average molecular weight is 271 g/mol. The first kappa shape index (κ1) is 14.3. The van der Waals surface area contributed by atoms with Crippen LogP contribution in [0.5, 0.6) is 0 Å². The second kappa shape index (κ2) is 5.49. The van der Waals surface area contributed by atoms with Gasteiger partial charge in [-0.25, -0.2) is 0 Å². The number of aromatic amines is 1. The Morgan fingerprint density at radius 2 is 1.95 bits per heavy atom. The second-order valence-electron chi connectivity index (χ2n) is 5.46. The first-order valence-electron chi connectivity index (χ1n) is 6.84. The molecule has 4 nitrogen and oxygen atoms in total. The molecule has 0 unspecified atom stereocenters. The molecule has 0 aliphatic heterocycles. The van der Waals surface area contributed by atoms with Gasteiger partial charge in [-0.2, -0.15) is 5.10 Å². The van der Waals surface area contributed by atoms with E-state index in [1.165, 1.54) is 0 Å². The number of rotatable bonds is 3. The zero-order chi connectivity index (χ0) is 14.9. The lowest BCUT2D eigenvalue weighted by molar-refractivity contribution is 0.102. The molecule has 0 atom stereocenters. The highest BCUT2D eigenvalue weighted by Crippen LogP contribution is 2.28. The van der Waals surface area contributed by atoms with Gasteiger partial charge in [-0.1, -0.05) is 32.0 Å². The summed E-state index contributed by atoms with van der Waals surface area (Å²) in [6.07, 6.45) is 0. The first-order chi connectivity index (χ1) is 9.41. The second-order valence-corrected chi connectivity index (χ2v) is 5.46. The van der Waals surface area contributed by atoms with Gasteiger partial charge in [0, 0.05) is 11.4 Å². The van der Waals surface area contributed by atoms with Crippen LogP contribution in [0.15, 0.2) is 18.2 Å². The number of nitrogens with one attached hydrogen (secondary N) is 2. The van der Waals surface area contributed by atoms with Crippen molar-refractivity contribution in [3.05, 3.63) is 46.3 Å². The van der Waals surface area contributed by atoms with Crippen LogP contribution in [-0.2, 0) is 0 Å². The molecular formula is C16H21N3O. The van der Waals surface area contributed by atoms with E-state index in [4.69, 9.17) is 0 Å². The lowest BCUT2D eigenvalue weighted by Gasteiger charge is -2.16. The van der Waals surface area contributed by atoms with Gasteiger partial charge in [0.25, 0.3) is 5.91 Å². The topological polar surface area (TPSA) is 57.8 Å². The lowest BCUT2D eigenvalue weighted by Crippen LogP contribution is -2.16. The molecule has 0 bridgehead atoms. The van der Waals surface area contributed by atoms with Crippen molar-refractivity contribution in [2.45, 2.75) is 40.5 Å². The highest BCUT2D eigenvalue weighted by atomic mass is 16.1. The van der Waals surface area contributed by atoms with Crippen molar-refractivity contribution in [1.82, 2.24) is 10.2 Å². The standard InChI is InChI=1S/C16H21N3O/c1-9(2)13-8-6-7-10(3)15(13)17-16(20)14-11(4)18-19-12(14)5/h6-9H,1-5H3,(H,17,20)(H,18,19). The monoisotopic (exact) mass is 271 g/mol. The molecule has 1 heterocycles. The predicted octanol–water partition coefficient (Wildman–Crippen LogP) is 3.71. The van der Waals surface area contributed by atoms with E-state index >= 15 is 0 Å². The number of aromatic nitrogens is 2. The number of H-pyrrole nitrogens is 1. The van der Waals surface area contributed by atoms with Gasteiger partial charge in [0.2, 0.25) is 0 Å². The van der Waals surface area contributed by atoms with Crippen LogP contribution >= 0.6 is 0 Å². The molecule has 0 aliphatic rings. The summed E-state index contributed by atoms with van der Waals surface area (Å²) in [5.74, 6) is 0.252. The Balaban J connectivity index is 2.38. The summed E-state index contributed by atoms with van der Waals surface area (Å²) in [5, 5.41) is 9.96. The maximum atomic E-state index is 12.5. The molecule has 106 valence electrons. The summed E-state index contributed by atoms with van der Waals surface area (Å²) < 4.78 is 0. The number of carbonyl (C=O) groups excluding carboxylic acids is 1. The van der Waals surface area contributed by atoms with E-state index in [-0.39, 0.29) is 5.91 Å². The van der Waals surface area contributed by atoms with Crippen molar-refractivity contribution >= 4 is 11.6 Å². The maximum absolute atomic E-state index is 12.5. The van der Waals surface area contributed by atoms with Crippen LogP contribution in [0.25, 0.3) is 0 Å². The summed E-state index contributed by atoms with van der Waals surface area (Å²) in [5.41, 5.74) is 5.27. The molecule has 1 amide bonds. The van der Waals surface area contributed by atoms with Crippen LogP contribution in [0, 0.1) is 20.8 Å². The van der Waals surface area contributed by atoms with Crippen LogP contribution < -0.4 is 5.32 Å². The molecule has 20 heavy (non-hydrogen) atoms. The molecule has 2 aromatic rings. The van der Waals surface area contributed by atoms with E-state index in [1.807, 2.05) is 32.9 Å². The van der Waals surface area contributed by atoms with Crippen LogP contribution in [0.2, 0.25) is 0 Å². The summed E-state index contributed by atoms with van der Waals surface area (Å²) in [7, 11) is 0. The number of para-hydroxylation sites is 1. The predicted molar refractivity (Wildman–Crippen MR) is 81.3 cm³/mol. The third-order valence-corrected chi connectivity index (χ3v) is 3.52. The van der Waals surface area contributed by atoms with E-state index in [0.29, 0.717) is 11.5 Å². The van der Waals surface area contributed by atoms with Gasteiger partial charge in [-0.15, -0.1) is 0 Å². The largest absolute Gasteiger partial charge is 0.321 e. The molecule has 2 N–H and O–H groups in total. The molecule has 0 radical (unpaired) electrons. The molecule has 2 rings (SSSR count). The lowest BCUT2D eigenvalue weighted by atomic mass is 9.98. The highest BCUT2D eigenvalue weighted by molar-refractivity contribution is 6.06. The van der Waals surface area contributed by atoms with Crippen molar-refractivity contribution in [3.8, 4) is 0 Å². The van der Waals surface area contributed by atoms with Gasteiger partial charge in [0.05, 0.1) is 11.3 Å². The SMILES string of the molecule is Cc1cccc(C(C)C)c1NC(=O)c1c(C)n[nH]c1C. The number of benzene rings is 1. The number of hydrogen-bond donors (Lipinski definition) is 2. The van der Waals surface area contributed by atoms with Gasteiger partial charge >= 0.3 is 0 Å². The van der Waals surface area contributed by atoms with Crippen molar-refractivity contribution in [1.29, 1.82) is 0 Å². The van der Waals surface area contributed by atoms with E-state index in [2.05, 4.69) is 35.4 Å². The summed E-state index contributed by atoms with van der Waals surface area (Å²) >= 11 is 0. The van der Waals surface area contributed by atoms with Crippen molar-refractivity contribution in [2.24, 2.45) is 0 Å². The zero-order valence-electron chi connectivity index (χ0n) is 12.7. The maximum Gasteiger partial charge on any atom is 0.259 e. The Hall–Kier alpha value is -2.10. The molecule has 1 aromatic heterocycles. The van der Waals surface area contributed by atoms with E-state index in [0.717, 1.165) is 28.2 Å². The molecule has 4 heteroatoms. The fourth-order valence-corrected chi connectivity index (χ4v) is 2.40. The fourth-order valence-electron chi connectivity index (χ4n) is 2.40. The van der Waals surface area contributed by atoms with Crippen molar-refractivity contribution < 1.29 is 4.79 Å². The minimum atomic E-state index is -0.107. The molecule has 1 aromatic carbocycles. The van der Waals surface area contributed by atoms with Gasteiger partial charge in [-0.3, -0.25) is 9.89 Å². The highest BCUT2D eigenvalue weighted by Gasteiger charge is 2.18. The molecular weight excluding hydrogens is 250 g/mol. The van der Waals surface area contributed by atoms with Crippen LogP contribution in [0.4, 0.5) is 5.69 Å². The third-order valence-electron chi connectivity index (χ3n) is 3.52. The average Bonchev–Trinajstić information content (AvgIpc) is 2.71. The number of nitrogens with zero attached hydrogens (tertiary/aromatic N) is 1. The number of anilines is 1. The third kappa shape index (κ3) is 2.59. The van der Waals surface area contributed by atoms with Crippen molar-refractivity contribution in [3.63, 3.8) is 0 Å². The molecule has 0 aliphatic carbocycles. The van der Waals surface area contributed by atoms with Crippen LogP contribution in [0.1, 0.15) is 52.6 Å². The van der Waals surface area contributed by atoms with Crippen LogP contribution in [-0.4, -0.2) is 16.1 Å². The van der Waals surface area contributed by atoms with Gasteiger partial charge in [0.1, 0.15) is 0 Å². The molecule has 0 fully saturated rings. The molecule has 0 spiro atoms. The Kier molecular flexibility index (Phi) is 3.93. The smallest absolute Gasteiger partial charge is 0.259 e. The fraction of sp³-hybridized carbons (Fsp3) is 0.375. The first-order valence-corrected chi connectivity index (χ1v) is 6.84. The quantitative estimate of drug-likeness (QED) is 0.894. The molecule has 0 saturated carbocycles. The van der Waals surface area contributed by atoms with E-state index in [1.54, 1.807) is 0 Å². The minimum absolute atomic E-state index is 0.107. The number of aryl methyl sites for hydroxylation is 3. The minimum Gasteiger partial charge on any atom is -0.321 e. The van der Waals surface area contributed by atoms with Gasteiger partial charge < -0.3 is 5.32 Å². The summed E-state index contributed by atoms with van der Waals surface area (Å²) in [4.78, 5) is 12.5. The van der Waals surface area contributed by atoms with E-state index in [9.17, 15) is 4.79 Å². The Morgan fingerprint density at radius 1 is 1.25 bits per heavy atom. The summed E-state index contributed by atoms with van der Waals surface area (Å²) in [6, 6.07) is 6.09.